The van der Waals surface area contributed by atoms with Crippen LogP contribution in [0, 0.1) is 0 Å². The molecule has 3 heterocycles. The van der Waals surface area contributed by atoms with E-state index in [9.17, 15) is 5.11 Å². The minimum atomic E-state index is -0.695. The molecular formula is C30H27N5O2. The maximum absolute atomic E-state index is 10.2. The van der Waals surface area contributed by atoms with Crippen LogP contribution >= 0.6 is 0 Å². The number of rotatable bonds is 4. The van der Waals surface area contributed by atoms with Crippen molar-refractivity contribution in [1.82, 2.24) is 19.7 Å². The number of nitrogens with two attached hydrogens (primary N) is 1. The van der Waals surface area contributed by atoms with E-state index in [2.05, 4.69) is 57.2 Å². The van der Waals surface area contributed by atoms with Crippen LogP contribution in [0.25, 0.3) is 45.2 Å². The summed E-state index contributed by atoms with van der Waals surface area (Å²) in [6.07, 6.45) is 2.86. The lowest BCUT2D eigenvalue weighted by molar-refractivity contribution is -0.0738. The van der Waals surface area contributed by atoms with Crippen LogP contribution < -0.4 is 10.5 Å². The van der Waals surface area contributed by atoms with E-state index in [1.165, 1.54) is 0 Å². The molecule has 0 radical (unpaired) electrons. The second kappa shape index (κ2) is 7.90. The molecule has 0 spiro atoms. The number of nitrogens with one attached hydrogen (secondary N) is 1. The summed E-state index contributed by atoms with van der Waals surface area (Å²) in [5, 5.41) is 17.4. The minimum Gasteiger partial charge on any atom is -0.472 e. The number of nitrogens with zero attached hydrogens (tertiary/aromatic N) is 3. The van der Waals surface area contributed by atoms with Gasteiger partial charge >= 0.3 is 0 Å². The normalized spacial score (nSPS) is 22.0. The molecule has 2 aliphatic rings. The number of aromatic amines is 1. The van der Waals surface area contributed by atoms with Gasteiger partial charge in [0.1, 0.15) is 11.6 Å². The van der Waals surface area contributed by atoms with Gasteiger partial charge in [-0.3, -0.25) is 9.67 Å². The molecule has 7 heteroatoms. The summed E-state index contributed by atoms with van der Waals surface area (Å²) in [5.41, 5.74) is 13.3. The first kappa shape index (κ1) is 22.0. The van der Waals surface area contributed by atoms with Crippen LogP contribution in [0.5, 0.6) is 5.75 Å². The molecule has 184 valence electrons. The first-order valence-corrected chi connectivity index (χ1v) is 12.5. The van der Waals surface area contributed by atoms with Gasteiger partial charge in [0.15, 0.2) is 6.73 Å². The molecule has 1 saturated carbocycles. The summed E-state index contributed by atoms with van der Waals surface area (Å²) in [6.45, 7) is 2.22. The molecule has 3 aromatic carbocycles. The molecule has 1 aliphatic heterocycles. The summed E-state index contributed by atoms with van der Waals surface area (Å²) in [4.78, 5) is 5.20. The number of aromatic nitrogens is 4. The molecule has 1 fully saturated rings. The van der Waals surface area contributed by atoms with E-state index in [4.69, 9.17) is 15.5 Å². The van der Waals surface area contributed by atoms with Crippen LogP contribution in [0.1, 0.15) is 25.3 Å². The summed E-state index contributed by atoms with van der Waals surface area (Å²) in [7, 11) is 0. The lowest BCUT2D eigenvalue weighted by Gasteiger charge is -2.49. The van der Waals surface area contributed by atoms with E-state index < -0.39 is 11.1 Å². The molecule has 0 unspecified atom stereocenters. The quantitative estimate of drug-likeness (QED) is 0.317. The fourth-order valence-corrected chi connectivity index (χ4v) is 5.89. The smallest absolute Gasteiger partial charge is 0.167 e. The fourth-order valence-electron chi connectivity index (χ4n) is 5.89. The van der Waals surface area contributed by atoms with Gasteiger partial charge in [0, 0.05) is 28.4 Å². The van der Waals surface area contributed by atoms with Crippen LogP contribution in [-0.2, 0) is 12.3 Å². The van der Waals surface area contributed by atoms with Crippen molar-refractivity contribution in [3.05, 3.63) is 90.6 Å². The van der Waals surface area contributed by atoms with E-state index in [0.29, 0.717) is 19.6 Å². The zero-order chi connectivity index (χ0) is 25.2. The number of fused-ring (bicyclic) bond motifs is 3. The van der Waals surface area contributed by atoms with Crippen molar-refractivity contribution in [3.63, 3.8) is 0 Å². The van der Waals surface area contributed by atoms with Crippen molar-refractivity contribution in [2.45, 2.75) is 37.6 Å². The van der Waals surface area contributed by atoms with Crippen molar-refractivity contribution >= 4 is 0 Å². The number of imidazole rings is 1. The van der Waals surface area contributed by atoms with E-state index in [-0.39, 0.29) is 0 Å². The first-order chi connectivity index (χ1) is 17.9. The van der Waals surface area contributed by atoms with E-state index in [1.54, 1.807) is 6.20 Å². The monoisotopic (exact) mass is 489 g/mol. The second-order valence-electron chi connectivity index (χ2n) is 10.5. The second-order valence-corrected chi connectivity index (χ2v) is 10.5. The van der Waals surface area contributed by atoms with Crippen LogP contribution in [0.15, 0.2) is 85.1 Å². The van der Waals surface area contributed by atoms with Gasteiger partial charge in [0.05, 0.1) is 28.2 Å². The Morgan fingerprint density at radius 2 is 1.70 bits per heavy atom. The SMILES string of the molecule is C[C@]1(O)C[C@@](N)(c2ccc(-c3nc4n(c3-c3ccccc3)COc3ccc(-c5ccn[nH]5)cc3-4)cc2)C1. The van der Waals surface area contributed by atoms with Gasteiger partial charge in [0.25, 0.3) is 0 Å². The zero-order valence-electron chi connectivity index (χ0n) is 20.5. The largest absolute Gasteiger partial charge is 0.472 e. The average molecular weight is 490 g/mol. The van der Waals surface area contributed by atoms with Gasteiger partial charge in [-0.2, -0.15) is 5.10 Å². The van der Waals surface area contributed by atoms with Crippen LogP contribution in [0.4, 0.5) is 0 Å². The Hall–Kier alpha value is -4.20. The van der Waals surface area contributed by atoms with Crippen molar-refractivity contribution in [1.29, 1.82) is 0 Å². The Morgan fingerprint density at radius 1 is 0.946 bits per heavy atom. The van der Waals surface area contributed by atoms with E-state index >= 15 is 0 Å². The van der Waals surface area contributed by atoms with Crippen molar-refractivity contribution < 1.29 is 9.84 Å². The van der Waals surface area contributed by atoms with Crippen molar-refractivity contribution in [2.24, 2.45) is 5.73 Å². The maximum atomic E-state index is 10.2. The van der Waals surface area contributed by atoms with Crippen molar-refractivity contribution in [3.8, 4) is 50.9 Å². The highest BCUT2D eigenvalue weighted by atomic mass is 16.5. The summed E-state index contributed by atoms with van der Waals surface area (Å²) in [5.74, 6) is 1.68. The topological polar surface area (TPSA) is 102 Å². The Balaban J connectivity index is 1.36. The first-order valence-electron chi connectivity index (χ1n) is 12.5. The number of hydrogen-bond acceptors (Lipinski definition) is 5. The number of ether oxygens (including phenoxy) is 1. The summed E-state index contributed by atoms with van der Waals surface area (Å²) in [6, 6.07) is 26.7. The molecule has 2 aromatic heterocycles. The molecule has 0 saturated heterocycles. The minimum absolute atomic E-state index is 0.377. The molecule has 37 heavy (non-hydrogen) atoms. The number of aliphatic hydroxyl groups is 1. The molecule has 0 bridgehead atoms. The van der Waals surface area contributed by atoms with Gasteiger partial charge in [-0.25, -0.2) is 4.98 Å². The molecule has 0 amide bonds. The van der Waals surface area contributed by atoms with Crippen molar-refractivity contribution in [2.75, 3.05) is 0 Å². The Morgan fingerprint density at radius 3 is 2.41 bits per heavy atom. The van der Waals surface area contributed by atoms with Gasteiger partial charge in [0.2, 0.25) is 0 Å². The lowest BCUT2D eigenvalue weighted by atomic mass is 9.63. The highest BCUT2D eigenvalue weighted by Crippen LogP contribution is 2.47. The summed E-state index contributed by atoms with van der Waals surface area (Å²) < 4.78 is 8.34. The van der Waals surface area contributed by atoms with E-state index in [1.807, 2.05) is 43.3 Å². The summed E-state index contributed by atoms with van der Waals surface area (Å²) >= 11 is 0. The highest BCUT2D eigenvalue weighted by molar-refractivity contribution is 5.84. The maximum Gasteiger partial charge on any atom is 0.167 e. The molecule has 1 aliphatic carbocycles. The number of benzene rings is 3. The zero-order valence-corrected chi connectivity index (χ0v) is 20.5. The molecule has 7 nitrogen and oxygen atoms in total. The van der Waals surface area contributed by atoms with E-state index in [0.717, 1.165) is 56.5 Å². The third kappa shape index (κ3) is 3.58. The van der Waals surface area contributed by atoms with Gasteiger partial charge < -0.3 is 15.6 Å². The molecule has 0 atom stereocenters. The van der Waals surface area contributed by atoms with Gasteiger partial charge in [-0.05, 0) is 49.6 Å². The van der Waals surface area contributed by atoms with Gasteiger partial charge in [-0.15, -0.1) is 0 Å². The standard InChI is InChI=1S/C30H27N5O2/c1-29(36)16-30(31,17-29)22-10-7-19(8-11-22)26-27(20-5-3-2-4-6-20)35-18-37-25-12-9-21(24-13-14-32-34-24)15-23(25)28(35)33-26/h2-15,36H,16-18,31H2,1H3,(H,32,34)/t29-,30-. The Bertz CT molecular complexity index is 1590. The highest BCUT2D eigenvalue weighted by Gasteiger charge is 2.49. The molecular weight excluding hydrogens is 462 g/mol. The number of H-pyrrole nitrogens is 1. The van der Waals surface area contributed by atoms with Crippen LogP contribution in [0.3, 0.4) is 0 Å². The van der Waals surface area contributed by atoms with Crippen LogP contribution in [-0.4, -0.2) is 30.5 Å². The molecule has 5 aromatic rings. The molecule has 4 N–H and O–H groups in total. The average Bonchev–Trinajstić information content (AvgIpc) is 3.56. The van der Waals surface area contributed by atoms with Gasteiger partial charge in [-0.1, -0.05) is 54.6 Å². The number of hydrogen-bond donors (Lipinski definition) is 3. The third-order valence-electron chi connectivity index (χ3n) is 7.52. The molecule has 7 rings (SSSR count). The fraction of sp³-hybridized carbons (Fsp3) is 0.200. The Labute approximate surface area is 214 Å². The lowest BCUT2D eigenvalue weighted by Crippen LogP contribution is -2.58. The third-order valence-corrected chi connectivity index (χ3v) is 7.52. The van der Waals surface area contributed by atoms with Crippen LogP contribution in [0.2, 0.25) is 0 Å². The predicted molar refractivity (Wildman–Crippen MR) is 142 cm³/mol. The Kier molecular flexibility index (Phi) is 4.70. The predicted octanol–water partition coefficient (Wildman–Crippen LogP) is 5.32.